The molecular formula is C24H25F2N5O3. The number of aromatic nitrogens is 3. The number of benzene rings is 1. The Morgan fingerprint density at radius 2 is 1.82 bits per heavy atom. The molecule has 10 heteroatoms. The number of hydrogen-bond donors (Lipinski definition) is 2. The molecule has 0 aliphatic heterocycles. The van der Waals surface area contributed by atoms with Gasteiger partial charge < -0.3 is 15.2 Å². The summed E-state index contributed by atoms with van der Waals surface area (Å²) in [6.45, 7) is 7.39. The van der Waals surface area contributed by atoms with Crippen molar-refractivity contribution in [1.29, 1.82) is 0 Å². The minimum absolute atomic E-state index is 0.0150. The van der Waals surface area contributed by atoms with Crippen LogP contribution in [-0.2, 0) is 16.8 Å². The minimum atomic E-state index is -0.712. The van der Waals surface area contributed by atoms with Gasteiger partial charge in [-0.25, -0.2) is 13.8 Å². The van der Waals surface area contributed by atoms with Crippen LogP contribution in [0.15, 0.2) is 28.9 Å². The first-order valence-electron chi connectivity index (χ1n) is 10.9. The molecule has 1 aliphatic carbocycles. The lowest BCUT2D eigenvalue weighted by Gasteiger charge is -2.13. The molecule has 34 heavy (non-hydrogen) atoms. The molecule has 2 N–H and O–H groups in total. The quantitative estimate of drug-likeness (QED) is 0.557. The molecule has 1 aliphatic rings. The minimum Gasteiger partial charge on any atom is -0.345 e. The Kier molecular flexibility index (Phi) is 6.16. The van der Waals surface area contributed by atoms with E-state index in [1.54, 1.807) is 6.92 Å². The van der Waals surface area contributed by atoms with E-state index in [4.69, 9.17) is 4.52 Å². The van der Waals surface area contributed by atoms with Gasteiger partial charge in [0.1, 0.15) is 17.5 Å². The fraction of sp³-hybridized carbons (Fsp3) is 0.375. The predicted octanol–water partition coefficient (Wildman–Crippen LogP) is 4.29. The van der Waals surface area contributed by atoms with E-state index in [0.29, 0.717) is 17.0 Å². The second-order valence-electron chi connectivity index (χ2n) is 9.43. The van der Waals surface area contributed by atoms with Crippen LogP contribution in [0.3, 0.4) is 0 Å². The largest absolute Gasteiger partial charge is 0.345 e. The van der Waals surface area contributed by atoms with Crippen molar-refractivity contribution in [1.82, 2.24) is 20.4 Å². The van der Waals surface area contributed by atoms with Crippen LogP contribution in [0.4, 0.5) is 14.6 Å². The number of amides is 2. The third-order valence-corrected chi connectivity index (χ3v) is 5.48. The SMILES string of the molecule is Cc1cc(-c2cc(NC(=O)C3CC3)ncc2F)c(F)cc1CNC(=O)c1noc(C(C)(C)C)n1. The Hall–Kier alpha value is -3.69. The summed E-state index contributed by atoms with van der Waals surface area (Å²) in [6.07, 6.45) is 2.59. The van der Waals surface area contributed by atoms with Crippen LogP contribution < -0.4 is 10.6 Å². The van der Waals surface area contributed by atoms with E-state index in [2.05, 4.69) is 25.8 Å². The van der Waals surface area contributed by atoms with Crippen molar-refractivity contribution in [2.75, 3.05) is 5.32 Å². The molecule has 1 aromatic carbocycles. The van der Waals surface area contributed by atoms with Crippen LogP contribution >= 0.6 is 0 Å². The van der Waals surface area contributed by atoms with Gasteiger partial charge in [-0.05, 0) is 49.1 Å². The molecule has 2 amide bonds. The molecule has 8 nitrogen and oxygen atoms in total. The fourth-order valence-electron chi connectivity index (χ4n) is 3.28. The van der Waals surface area contributed by atoms with E-state index in [1.165, 1.54) is 18.2 Å². The highest BCUT2D eigenvalue weighted by Crippen LogP contribution is 2.32. The average molecular weight is 469 g/mol. The number of rotatable bonds is 6. The van der Waals surface area contributed by atoms with Crippen molar-refractivity contribution in [3.63, 3.8) is 0 Å². The lowest BCUT2D eigenvalue weighted by atomic mass is 9.97. The average Bonchev–Trinajstić information content (AvgIpc) is 3.50. The number of carbonyl (C=O) groups excluding carboxylic acids is 2. The molecule has 0 radical (unpaired) electrons. The number of anilines is 1. The lowest BCUT2D eigenvalue weighted by Crippen LogP contribution is -2.25. The number of pyridine rings is 1. The highest BCUT2D eigenvalue weighted by molar-refractivity contribution is 5.93. The van der Waals surface area contributed by atoms with E-state index in [-0.39, 0.29) is 41.1 Å². The van der Waals surface area contributed by atoms with Gasteiger partial charge in [0.05, 0.1) is 6.20 Å². The Labute approximate surface area is 195 Å². The van der Waals surface area contributed by atoms with E-state index in [0.717, 1.165) is 19.0 Å². The van der Waals surface area contributed by atoms with Gasteiger partial charge in [0.15, 0.2) is 0 Å². The third-order valence-electron chi connectivity index (χ3n) is 5.48. The second kappa shape index (κ2) is 8.92. The Morgan fingerprint density at radius 1 is 1.12 bits per heavy atom. The van der Waals surface area contributed by atoms with Gasteiger partial charge >= 0.3 is 0 Å². The monoisotopic (exact) mass is 469 g/mol. The normalized spacial score (nSPS) is 13.6. The smallest absolute Gasteiger partial charge is 0.292 e. The molecule has 0 bridgehead atoms. The summed E-state index contributed by atoms with van der Waals surface area (Å²) >= 11 is 0. The predicted molar refractivity (Wildman–Crippen MR) is 120 cm³/mol. The van der Waals surface area contributed by atoms with Gasteiger partial charge in [-0.2, -0.15) is 4.98 Å². The van der Waals surface area contributed by atoms with Crippen molar-refractivity contribution in [2.24, 2.45) is 5.92 Å². The van der Waals surface area contributed by atoms with Gasteiger partial charge in [0, 0.05) is 29.0 Å². The molecule has 1 fully saturated rings. The molecule has 2 aromatic heterocycles. The van der Waals surface area contributed by atoms with Gasteiger partial charge in [-0.15, -0.1) is 0 Å². The maximum absolute atomic E-state index is 15.0. The van der Waals surface area contributed by atoms with Crippen LogP contribution in [-0.4, -0.2) is 26.9 Å². The standard InChI is InChI=1S/C24H25F2N5O3/c1-12-7-15(16-9-19(27-11-18(16)26)29-21(32)13-5-6-13)17(25)8-14(12)10-28-22(33)20-30-23(34-31-20)24(2,3)4/h7-9,11,13H,5-6,10H2,1-4H3,(H,28,33)(H,27,29,32). The van der Waals surface area contributed by atoms with Gasteiger partial charge in [-0.1, -0.05) is 25.9 Å². The number of hydrogen-bond acceptors (Lipinski definition) is 6. The maximum atomic E-state index is 15.0. The number of carbonyl (C=O) groups is 2. The maximum Gasteiger partial charge on any atom is 0.292 e. The topological polar surface area (TPSA) is 110 Å². The summed E-state index contributed by atoms with van der Waals surface area (Å²) in [6, 6.07) is 4.05. The summed E-state index contributed by atoms with van der Waals surface area (Å²) in [5, 5.41) is 8.98. The molecule has 0 unspecified atom stereocenters. The third kappa shape index (κ3) is 5.11. The van der Waals surface area contributed by atoms with Crippen LogP contribution in [0.25, 0.3) is 11.1 Å². The molecule has 1 saturated carbocycles. The van der Waals surface area contributed by atoms with E-state index >= 15 is 0 Å². The molecule has 0 saturated heterocycles. The zero-order chi connectivity index (χ0) is 24.6. The first-order chi connectivity index (χ1) is 16.0. The molecule has 4 rings (SSSR count). The number of aryl methyl sites for hydroxylation is 1. The number of nitrogens with one attached hydrogen (secondary N) is 2. The van der Waals surface area contributed by atoms with Crippen LogP contribution in [0.1, 0.15) is 61.2 Å². The van der Waals surface area contributed by atoms with Gasteiger partial charge in [0.25, 0.3) is 11.7 Å². The highest BCUT2D eigenvalue weighted by Gasteiger charge is 2.30. The van der Waals surface area contributed by atoms with Gasteiger partial charge in [0.2, 0.25) is 11.8 Å². The lowest BCUT2D eigenvalue weighted by molar-refractivity contribution is -0.117. The van der Waals surface area contributed by atoms with E-state index < -0.39 is 23.0 Å². The van der Waals surface area contributed by atoms with Crippen LogP contribution in [0.2, 0.25) is 0 Å². The number of halogens is 2. The molecule has 0 spiro atoms. The molecule has 0 atom stereocenters. The Morgan fingerprint density at radius 3 is 2.47 bits per heavy atom. The van der Waals surface area contributed by atoms with Gasteiger partial charge in [-0.3, -0.25) is 9.59 Å². The van der Waals surface area contributed by atoms with E-state index in [9.17, 15) is 18.4 Å². The zero-order valence-electron chi connectivity index (χ0n) is 19.3. The summed E-state index contributed by atoms with van der Waals surface area (Å²) in [7, 11) is 0. The summed E-state index contributed by atoms with van der Waals surface area (Å²) in [4.78, 5) is 32.4. The molecule has 3 aromatic rings. The first-order valence-corrected chi connectivity index (χ1v) is 10.9. The fourth-order valence-corrected chi connectivity index (χ4v) is 3.28. The Balaban J connectivity index is 1.50. The Bertz CT molecular complexity index is 1260. The summed E-state index contributed by atoms with van der Waals surface area (Å²) in [5.41, 5.74) is 0.760. The highest BCUT2D eigenvalue weighted by atomic mass is 19.1. The van der Waals surface area contributed by atoms with Crippen molar-refractivity contribution >= 4 is 17.6 Å². The van der Waals surface area contributed by atoms with Crippen molar-refractivity contribution in [3.8, 4) is 11.1 Å². The molecule has 178 valence electrons. The number of nitrogens with zero attached hydrogens (tertiary/aromatic N) is 3. The van der Waals surface area contributed by atoms with Crippen LogP contribution in [0, 0.1) is 24.5 Å². The van der Waals surface area contributed by atoms with Crippen LogP contribution in [0.5, 0.6) is 0 Å². The van der Waals surface area contributed by atoms with E-state index in [1.807, 2.05) is 20.8 Å². The van der Waals surface area contributed by atoms with Crippen molar-refractivity contribution in [3.05, 3.63) is 58.9 Å². The summed E-state index contributed by atoms with van der Waals surface area (Å²) < 4.78 is 34.6. The molecular weight excluding hydrogens is 444 g/mol. The summed E-state index contributed by atoms with van der Waals surface area (Å²) in [5.74, 6) is -1.78. The second-order valence-corrected chi connectivity index (χ2v) is 9.43. The zero-order valence-corrected chi connectivity index (χ0v) is 19.3. The molecule has 2 heterocycles. The first kappa shape index (κ1) is 23.5. The van der Waals surface area contributed by atoms with Crippen molar-refractivity contribution in [2.45, 2.75) is 52.5 Å². The van der Waals surface area contributed by atoms with Crippen molar-refractivity contribution < 1.29 is 22.9 Å².